The van der Waals surface area contributed by atoms with Crippen molar-refractivity contribution < 1.29 is 22.7 Å². The van der Waals surface area contributed by atoms with Crippen molar-refractivity contribution in [3.63, 3.8) is 0 Å². The summed E-state index contributed by atoms with van der Waals surface area (Å²) in [5.74, 6) is 0.0921. The number of para-hydroxylation sites is 1. The van der Waals surface area contributed by atoms with Crippen molar-refractivity contribution in [2.75, 3.05) is 25.1 Å². The van der Waals surface area contributed by atoms with Gasteiger partial charge in [0.1, 0.15) is 4.90 Å². The van der Waals surface area contributed by atoms with Crippen LogP contribution >= 0.6 is 0 Å². The number of amides is 1. The Balaban J connectivity index is 1.63. The van der Waals surface area contributed by atoms with Crippen LogP contribution in [0.1, 0.15) is 16.7 Å². The highest BCUT2D eigenvalue weighted by Crippen LogP contribution is 2.40. The molecule has 0 aromatic heterocycles. The van der Waals surface area contributed by atoms with Gasteiger partial charge in [-0.2, -0.15) is 0 Å². The molecule has 0 aliphatic carbocycles. The number of rotatable bonds is 8. The lowest BCUT2D eigenvalue weighted by Crippen LogP contribution is -2.29. The molecule has 3 aromatic rings. The van der Waals surface area contributed by atoms with E-state index in [-0.39, 0.29) is 22.3 Å². The number of methoxy groups -OCH3 is 2. The molecule has 176 valence electrons. The van der Waals surface area contributed by atoms with E-state index >= 15 is 0 Å². The van der Waals surface area contributed by atoms with Gasteiger partial charge in [-0.25, -0.2) is 8.42 Å². The highest BCUT2D eigenvalue weighted by atomic mass is 32.2. The number of sulfonamides is 1. The van der Waals surface area contributed by atoms with Gasteiger partial charge in [0.2, 0.25) is 5.91 Å². The fourth-order valence-electron chi connectivity index (χ4n) is 3.93. The third-order valence-corrected chi connectivity index (χ3v) is 7.44. The maximum atomic E-state index is 13.7. The summed E-state index contributed by atoms with van der Waals surface area (Å²) in [6.45, 7) is 0.735. The van der Waals surface area contributed by atoms with E-state index < -0.39 is 10.0 Å². The van der Waals surface area contributed by atoms with Crippen molar-refractivity contribution in [2.45, 2.75) is 17.9 Å². The fourth-order valence-corrected chi connectivity index (χ4v) is 5.64. The molecular formula is C26H26N2O5S. The minimum absolute atomic E-state index is 0.0182. The normalized spacial score (nSPS) is 13.1. The summed E-state index contributed by atoms with van der Waals surface area (Å²) in [5, 5.41) is 2.81. The molecule has 0 radical (unpaired) electrons. The largest absolute Gasteiger partial charge is 0.493 e. The van der Waals surface area contributed by atoms with Crippen LogP contribution in [-0.4, -0.2) is 35.1 Å². The molecule has 0 unspecified atom stereocenters. The Hall–Kier alpha value is -3.78. The Morgan fingerprint density at radius 1 is 1.03 bits per heavy atom. The lowest BCUT2D eigenvalue weighted by Gasteiger charge is -2.22. The number of hydrogen-bond acceptors (Lipinski definition) is 5. The van der Waals surface area contributed by atoms with Crippen molar-refractivity contribution in [3.8, 4) is 11.5 Å². The van der Waals surface area contributed by atoms with Crippen LogP contribution in [0.2, 0.25) is 0 Å². The summed E-state index contributed by atoms with van der Waals surface area (Å²) in [6.07, 6.45) is 3.56. The molecule has 0 saturated heterocycles. The first kappa shape index (κ1) is 23.4. The molecule has 1 aliphatic rings. The second-order valence-corrected chi connectivity index (χ2v) is 9.58. The molecule has 7 nitrogen and oxygen atoms in total. The quantitative estimate of drug-likeness (QED) is 0.498. The van der Waals surface area contributed by atoms with Gasteiger partial charge >= 0.3 is 0 Å². The third kappa shape index (κ3) is 4.77. The average Bonchev–Trinajstić information content (AvgIpc) is 3.31. The lowest BCUT2D eigenvalue weighted by atomic mass is 10.2. The van der Waals surface area contributed by atoms with Gasteiger partial charge < -0.3 is 14.8 Å². The Morgan fingerprint density at radius 2 is 1.76 bits per heavy atom. The predicted molar refractivity (Wildman–Crippen MR) is 132 cm³/mol. The number of fused-ring (bicyclic) bond motifs is 1. The SMILES string of the molecule is COc1cc(C=CC(=O)NCc2ccccc2)cc(S(=O)(=O)N2CCc3ccccc32)c1OC. The fraction of sp³-hybridized carbons (Fsp3) is 0.192. The minimum atomic E-state index is -3.94. The first-order chi connectivity index (χ1) is 16.4. The smallest absolute Gasteiger partial charge is 0.268 e. The van der Waals surface area contributed by atoms with E-state index in [0.717, 1.165) is 11.1 Å². The van der Waals surface area contributed by atoms with Gasteiger partial charge in [0, 0.05) is 19.2 Å². The van der Waals surface area contributed by atoms with Crippen molar-refractivity contribution in [2.24, 2.45) is 0 Å². The zero-order valence-corrected chi connectivity index (χ0v) is 19.8. The van der Waals surface area contributed by atoms with Crippen LogP contribution in [0.3, 0.4) is 0 Å². The van der Waals surface area contributed by atoms with Crippen molar-refractivity contribution in [1.29, 1.82) is 0 Å². The van der Waals surface area contributed by atoms with Crippen LogP contribution in [0.5, 0.6) is 11.5 Å². The molecule has 0 atom stereocenters. The van der Waals surface area contributed by atoms with Crippen LogP contribution in [-0.2, 0) is 27.8 Å². The van der Waals surface area contributed by atoms with E-state index in [2.05, 4.69) is 5.32 Å². The Kier molecular flexibility index (Phi) is 6.88. The maximum absolute atomic E-state index is 13.7. The number of ether oxygens (including phenoxy) is 2. The highest BCUT2D eigenvalue weighted by molar-refractivity contribution is 7.93. The molecule has 8 heteroatoms. The summed E-state index contributed by atoms with van der Waals surface area (Å²) in [5.41, 5.74) is 3.11. The summed E-state index contributed by atoms with van der Waals surface area (Å²) in [6, 6.07) is 20.1. The number of hydrogen-bond donors (Lipinski definition) is 1. The van der Waals surface area contributed by atoms with E-state index in [1.165, 1.54) is 30.7 Å². The first-order valence-electron chi connectivity index (χ1n) is 10.8. The zero-order chi connectivity index (χ0) is 24.1. The molecule has 1 heterocycles. The number of nitrogens with one attached hydrogen (secondary N) is 1. The van der Waals surface area contributed by atoms with Gasteiger partial charge in [-0.3, -0.25) is 9.10 Å². The van der Waals surface area contributed by atoms with Crippen LogP contribution in [0.25, 0.3) is 6.08 Å². The Morgan fingerprint density at radius 3 is 2.50 bits per heavy atom. The molecule has 1 amide bonds. The summed E-state index contributed by atoms with van der Waals surface area (Å²) in [4.78, 5) is 12.3. The highest BCUT2D eigenvalue weighted by Gasteiger charge is 2.34. The number of benzene rings is 3. The average molecular weight is 479 g/mol. The van der Waals surface area contributed by atoms with E-state index in [0.29, 0.717) is 30.8 Å². The zero-order valence-electron chi connectivity index (χ0n) is 19.0. The number of carbonyl (C=O) groups excluding carboxylic acids is 1. The summed E-state index contributed by atoms with van der Waals surface area (Å²) in [7, 11) is -1.09. The molecule has 1 N–H and O–H groups in total. The summed E-state index contributed by atoms with van der Waals surface area (Å²) >= 11 is 0. The Bertz CT molecular complexity index is 1320. The van der Waals surface area contributed by atoms with Crippen LogP contribution in [0.4, 0.5) is 5.69 Å². The molecule has 3 aromatic carbocycles. The lowest BCUT2D eigenvalue weighted by molar-refractivity contribution is -0.116. The molecule has 0 spiro atoms. The van der Waals surface area contributed by atoms with Gasteiger partial charge in [-0.05, 0) is 47.4 Å². The molecule has 1 aliphatic heterocycles. The van der Waals surface area contributed by atoms with Gasteiger partial charge in [0.15, 0.2) is 11.5 Å². The van der Waals surface area contributed by atoms with Gasteiger partial charge in [0.05, 0.1) is 19.9 Å². The first-order valence-corrected chi connectivity index (χ1v) is 12.2. The van der Waals surface area contributed by atoms with E-state index in [1.807, 2.05) is 48.5 Å². The molecule has 0 bridgehead atoms. The van der Waals surface area contributed by atoms with Crippen molar-refractivity contribution in [1.82, 2.24) is 5.32 Å². The van der Waals surface area contributed by atoms with E-state index in [4.69, 9.17) is 9.47 Å². The third-order valence-electron chi connectivity index (χ3n) is 5.62. The number of carbonyl (C=O) groups is 1. The minimum Gasteiger partial charge on any atom is -0.493 e. The van der Waals surface area contributed by atoms with Gasteiger partial charge in [0.25, 0.3) is 10.0 Å². The Labute approximate surface area is 199 Å². The van der Waals surface area contributed by atoms with E-state index in [9.17, 15) is 13.2 Å². The second-order valence-electron chi connectivity index (χ2n) is 7.75. The van der Waals surface area contributed by atoms with Crippen molar-refractivity contribution >= 4 is 27.7 Å². The number of nitrogens with zero attached hydrogens (tertiary/aromatic N) is 1. The van der Waals surface area contributed by atoms with Gasteiger partial charge in [-0.1, -0.05) is 48.5 Å². The summed E-state index contributed by atoms with van der Waals surface area (Å²) < 4.78 is 39.6. The van der Waals surface area contributed by atoms with Gasteiger partial charge in [-0.15, -0.1) is 0 Å². The maximum Gasteiger partial charge on any atom is 0.268 e. The molecule has 34 heavy (non-hydrogen) atoms. The number of anilines is 1. The molecular weight excluding hydrogens is 452 g/mol. The van der Waals surface area contributed by atoms with Crippen LogP contribution in [0.15, 0.2) is 77.7 Å². The monoisotopic (exact) mass is 478 g/mol. The van der Waals surface area contributed by atoms with E-state index in [1.54, 1.807) is 18.2 Å². The molecule has 0 saturated carbocycles. The second kappa shape index (κ2) is 10.0. The molecule has 4 rings (SSSR count). The van der Waals surface area contributed by atoms with Crippen LogP contribution < -0.4 is 19.1 Å². The topological polar surface area (TPSA) is 84.9 Å². The predicted octanol–water partition coefficient (Wildman–Crippen LogP) is 3.78. The standard InChI is InChI=1S/C26H26N2O5S/c1-32-23-16-20(12-13-25(29)27-18-19-8-4-3-5-9-19)17-24(26(23)33-2)34(30,31)28-15-14-21-10-6-7-11-22(21)28/h3-13,16-17H,14-15,18H2,1-2H3,(H,27,29). The molecule has 0 fully saturated rings. The van der Waals surface area contributed by atoms with Crippen molar-refractivity contribution in [3.05, 3.63) is 89.5 Å². The van der Waals surface area contributed by atoms with Crippen LogP contribution in [0, 0.1) is 0 Å².